The molecule has 0 radical (unpaired) electrons. The molecular weight excluding hydrogens is 837 g/mol. The molecule has 16 heteroatoms. The number of anilines is 2. The van der Waals surface area contributed by atoms with Gasteiger partial charge in [-0.1, -0.05) is 23.7 Å². The van der Waals surface area contributed by atoms with Crippen LogP contribution in [0.1, 0.15) is 140 Å². The van der Waals surface area contributed by atoms with Crippen molar-refractivity contribution >= 4 is 57.7 Å². The Labute approximate surface area is 374 Å². The number of halogens is 2. The number of Topliss-reactive ketones (excluding diaryl/α,β-unsaturated/α-hetero) is 1. The molecule has 3 fully saturated rings. The molecule has 1 unspecified atom stereocenters. The van der Waals surface area contributed by atoms with E-state index < -0.39 is 47.3 Å². The van der Waals surface area contributed by atoms with Crippen LogP contribution < -0.4 is 15.5 Å². The van der Waals surface area contributed by atoms with E-state index in [4.69, 9.17) is 9.51 Å². The zero-order valence-corrected chi connectivity index (χ0v) is 36.5. The zero-order chi connectivity index (χ0) is 45.5. The van der Waals surface area contributed by atoms with Gasteiger partial charge in [0.25, 0.3) is 11.8 Å². The van der Waals surface area contributed by atoms with Gasteiger partial charge >= 0.3 is 0 Å². The fraction of sp³-hybridized carbons (Fsp3) is 0.429. The summed E-state index contributed by atoms with van der Waals surface area (Å²) in [6.45, 7) is 4.29. The van der Waals surface area contributed by atoms with E-state index in [9.17, 15) is 37.5 Å². The van der Waals surface area contributed by atoms with Gasteiger partial charge in [-0.3, -0.25) is 39.0 Å². The third kappa shape index (κ3) is 8.46. The highest BCUT2D eigenvalue weighted by Gasteiger charge is 2.46. The quantitative estimate of drug-likeness (QED) is 0.0811. The minimum absolute atomic E-state index is 0.0439. The lowest BCUT2D eigenvalue weighted by Gasteiger charge is -2.37. The summed E-state index contributed by atoms with van der Waals surface area (Å²) in [5.74, 6) is -2.50. The van der Waals surface area contributed by atoms with Gasteiger partial charge in [0, 0.05) is 61.3 Å². The number of fused-ring (bicyclic) bond motifs is 2. The van der Waals surface area contributed by atoms with E-state index in [2.05, 4.69) is 26.4 Å². The molecule has 1 saturated carbocycles. The highest BCUT2D eigenvalue weighted by molar-refractivity contribution is 6.25. The van der Waals surface area contributed by atoms with Gasteiger partial charge in [-0.25, -0.2) is 13.8 Å². The number of carbonyl (C=O) groups is 6. The van der Waals surface area contributed by atoms with Crippen molar-refractivity contribution in [3.8, 4) is 11.1 Å². The molecule has 5 aromatic rings. The number of nitrogens with one attached hydrogen (secondary N) is 2. The van der Waals surface area contributed by atoms with Gasteiger partial charge < -0.3 is 19.3 Å². The molecule has 338 valence electrons. The average molecular weight is 888 g/mol. The van der Waals surface area contributed by atoms with E-state index in [-0.39, 0.29) is 54.0 Å². The summed E-state index contributed by atoms with van der Waals surface area (Å²) in [5, 5.41) is 9.63. The van der Waals surface area contributed by atoms with E-state index in [0.29, 0.717) is 55.2 Å². The number of nitrogens with zero attached hydrogens (tertiary/aromatic N) is 5. The lowest BCUT2D eigenvalue weighted by atomic mass is 9.82. The van der Waals surface area contributed by atoms with Crippen LogP contribution in [0.2, 0.25) is 0 Å². The number of hydrogen-bond donors (Lipinski definition) is 2. The zero-order valence-electron chi connectivity index (χ0n) is 36.5. The normalized spacial score (nSPS) is 21.3. The van der Waals surface area contributed by atoms with Crippen LogP contribution >= 0.6 is 0 Å². The third-order valence-electron chi connectivity index (χ3n) is 13.6. The van der Waals surface area contributed by atoms with Crippen molar-refractivity contribution in [3.63, 3.8) is 0 Å². The lowest BCUT2D eigenvalue weighted by molar-refractivity contribution is -0.136. The van der Waals surface area contributed by atoms with E-state index in [1.54, 1.807) is 23.1 Å². The molecule has 2 aromatic heterocycles. The number of carbonyl (C=O) groups excluding carboxylic acids is 6. The Kier molecular flexibility index (Phi) is 12.2. The maximum absolute atomic E-state index is 14.6. The van der Waals surface area contributed by atoms with E-state index in [0.717, 1.165) is 89.8 Å². The predicted octanol–water partition coefficient (Wildman–Crippen LogP) is 8.61. The largest absolute Gasteiger partial charge is 0.384 e. The van der Waals surface area contributed by atoms with Crippen LogP contribution in [0.15, 0.2) is 59.1 Å². The SMILES string of the molecule is Cc1noc(C)c1-c1ccc2c(c1)nc([C@@H]1CCCC(=O)N1c1ccc(F)c(F)c1)n2C1CCC(CC(=O)CCCCCNc2cccc3c2C(=O)N(C2CCC(=O)NC2=O)C3=O)CC1. The van der Waals surface area contributed by atoms with Crippen molar-refractivity contribution in [1.29, 1.82) is 0 Å². The highest BCUT2D eigenvalue weighted by atomic mass is 19.2. The molecule has 3 aliphatic heterocycles. The smallest absolute Gasteiger partial charge is 0.264 e. The van der Waals surface area contributed by atoms with E-state index >= 15 is 0 Å². The minimum Gasteiger partial charge on any atom is -0.384 e. The summed E-state index contributed by atoms with van der Waals surface area (Å²) < 4.78 is 36.4. The fourth-order valence-electron chi connectivity index (χ4n) is 10.4. The summed E-state index contributed by atoms with van der Waals surface area (Å²) in [7, 11) is 0. The first kappa shape index (κ1) is 43.7. The average Bonchev–Trinajstić information content (AvgIpc) is 3.92. The van der Waals surface area contributed by atoms with Crippen molar-refractivity contribution in [1.82, 2.24) is 24.9 Å². The molecule has 2 atom stereocenters. The number of aryl methyl sites for hydroxylation is 2. The Morgan fingerprint density at radius 2 is 1.65 bits per heavy atom. The van der Waals surface area contributed by atoms with Crippen molar-refractivity contribution in [3.05, 3.63) is 94.6 Å². The van der Waals surface area contributed by atoms with Crippen molar-refractivity contribution in [2.75, 3.05) is 16.8 Å². The standard InChI is InChI=1S/C49H51F2N7O7/c1-27-44(28(2)65-55-27)30-15-20-39-38(25-30)53-46(40-11-7-12-43(61)56(40)32-18-19-35(50)36(51)26-32)57(39)31-16-13-29(14-17-31)24-33(59)8-4-3-5-23-52-37-10-6-9-34-45(37)49(64)58(48(34)63)41-21-22-42(60)54-47(41)62/h6,9-10,15,18-20,25-26,29,31,40-41,52H,3-5,7-8,11-14,16-17,21-24H2,1-2H3,(H,54,60,62)/t29?,31?,40-,41?/m0/s1. The molecule has 0 spiro atoms. The van der Waals surface area contributed by atoms with Crippen LogP contribution in [-0.2, 0) is 19.2 Å². The van der Waals surface area contributed by atoms with Crippen LogP contribution in [0.25, 0.3) is 22.2 Å². The number of rotatable bonds is 14. The Balaban J connectivity index is 0.821. The molecule has 2 saturated heterocycles. The van der Waals surface area contributed by atoms with Crippen LogP contribution in [0.4, 0.5) is 20.2 Å². The number of aromatic nitrogens is 3. The van der Waals surface area contributed by atoms with Gasteiger partial charge in [0.15, 0.2) is 11.6 Å². The van der Waals surface area contributed by atoms with Gasteiger partial charge in [-0.15, -0.1) is 0 Å². The second-order valence-corrected chi connectivity index (χ2v) is 17.8. The van der Waals surface area contributed by atoms with Gasteiger partial charge in [-0.2, -0.15) is 0 Å². The van der Waals surface area contributed by atoms with Crippen LogP contribution in [0, 0.1) is 31.4 Å². The number of piperidine rings is 2. The Hall–Kier alpha value is -6.58. The number of amides is 5. The third-order valence-corrected chi connectivity index (χ3v) is 13.6. The fourth-order valence-corrected chi connectivity index (χ4v) is 10.4. The topological polar surface area (TPSA) is 177 Å². The molecule has 65 heavy (non-hydrogen) atoms. The van der Waals surface area contributed by atoms with E-state index in [1.807, 2.05) is 26.0 Å². The molecule has 5 amide bonds. The first-order valence-corrected chi connectivity index (χ1v) is 22.7. The predicted molar refractivity (Wildman–Crippen MR) is 236 cm³/mol. The molecule has 3 aromatic carbocycles. The van der Waals surface area contributed by atoms with E-state index in [1.165, 1.54) is 6.07 Å². The number of benzene rings is 3. The molecular formula is C49H51F2N7O7. The van der Waals surface area contributed by atoms with Crippen molar-refractivity contribution in [2.45, 2.75) is 122 Å². The van der Waals surface area contributed by atoms with Crippen molar-refractivity contribution < 1.29 is 42.1 Å². The summed E-state index contributed by atoms with van der Waals surface area (Å²) >= 11 is 0. The number of imide groups is 2. The monoisotopic (exact) mass is 887 g/mol. The number of imidazole rings is 1. The number of hydrogen-bond acceptors (Lipinski definition) is 10. The Morgan fingerprint density at radius 3 is 2.40 bits per heavy atom. The Bertz CT molecular complexity index is 2720. The number of ketones is 1. The molecule has 2 N–H and O–H groups in total. The maximum atomic E-state index is 14.6. The van der Waals surface area contributed by atoms with Gasteiger partial charge in [0.05, 0.1) is 33.9 Å². The molecule has 14 nitrogen and oxygen atoms in total. The number of unbranched alkanes of at least 4 members (excludes halogenated alkanes) is 2. The van der Waals surface area contributed by atoms with Gasteiger partial charge in [0.1, 0.15) is 23.4 Å². The van der Waals surface area contributed by atoms with Gasteiger partial charge in [0.2, 0.25) is 17.7 Å². The van der Waals surface area contributed by atoms with Crippen LogP contribution in [0.5, 0.6) is 0 Å². The molecule has 1 aliphatic carbocycles. The highest BCUT2D eigenvalue weighted by Crippen LogP contribution is 2.43. The van der Waals surface area contributed by atoms with Crippen molar-refractivity contribution in [2.24, 2.45) is 5.92 Å². The first-order valence-electron chi connectivity index (χ1n) is 22.7. The first-order chi connectivity index (χ1) is 31.4. The van der Waals surface area contributed by atoms with Crippen LogP contribution in [-0.4, -0.2) is 67.5 Å². The molecule has 0 bridgehead atoms. The molecule has 4 aliphatic rings. The molecule has 9 rings (SSSR count). The second kappa shape index (κ2) is 18.1. The molecule has 5 heterocycles. The Morgan fingerprint density at radius 1 is 0.831 bits per heavy atom. The van der Waals surface area contributed by atoms with Crippen LogP contribution in [0.3, 0.4) is 0 Å². The minimum atomic E-state index is -1.03. The summed E-state index contributed by atoms with van der Waals surface area (Å²) in [6.07, 6.45) is 8.18. The lowest BCUT2D eigenvalue weighted by Crippen LogP contribution is -2.54. The van der Waals surface area contributed by atoms with Gasteiger partial charge in [-0.05, 0) is 120 Å². The second-order valence-electron chi connectivity index (χ2n) is 17.8. The summed E-state index contributed by atoms with van der Waals surface area (Å²) in [4.78, 5) is 85.4. The maximum Gasteiger partial charge on any atom is 0.264 e. The summed E-state index contributed by atoms with van der Waals surface area (Å²) in [5.41, 5.74) is 5.48. The summed E-state index contributed by atoms with van der Waals surface area (Å²) in [6, 6.07) is 13.2.